The predicted octanol–water partition coefficient (Wildman–Crippen LogP) is 3.04. The first-order chi connectivity index (χ1) is 9.97. The van der Waals surface area contributed by atoms with E-state index < -0.39 is 0 Å². The summed E-state index contributed by atoms with van der Waals surface area (Å²) >= 11 is 0. The van der Waals surface area contributed by atoms with Crippen LogP contribution in [0, 0.1) is 13.8 Å². The number of nitrogens with zero attached hydrogens (tertiary/aromatic N) is 1. The highest BCUT2D eigenvalue weighted by molar-refractivity contribution is 6.01. The number of carbonyl (C=O) groups excluding carboxylic acids is 1. The SMILES string of the molecule is C/C(=N\NC(=O)c1ccc(C)c(C)c1)c1ccc(N)cc1. The van der Waals surface area contributed by atoms with E-state index in [4.69, 9.17) is 5.73 Å². The second-order valence-corrected chi connectivity index (χ2v) is 5.06. The van der Waals surface area contributed by atoms with E-state index in [0.29, 0.717) is 11.3 Å². The van der Waals surface area contributed by atoms with Gasteiger partial charge in [0.05, 0.1) is 5.71 Å². The van der Waals surface area contributed by atoms with E-state index in [1.165, 1.54) is 0 Å². The van der Waals surface area contributed by atoms with Crippen molar-refractivity contribution in [2.75, 3.05) is 5.73 Å². The van der Waals surface area contributed by atoms with Crippen LogP contribution in [0.3, 0.4) is 0 Å². The van der Waals surface area contributed by atoms with Crippen LogP contribution < -0.4 is 11.2 Å². The Morgan fingerprint density at radius 3 is 2.24 bits per heavy atom. The van der Waals surface area contributed by atoms with Gasteiger partial charge in [0.15, 0.2) is 0 Å². The summed E-state index contributed by atoms with van der Waals surface area (Å²) in [5, 5.41) is 4.13. The smallest absolute Gasteiger partial charge is 0.271 e. The zero-order chi connectivity index (χ0) is 15.4. The average molecular weight is 281 g/mol. The largest absolute Gasteiger partial charge is 0.399 e. The van der Waals surface area contributed by atoms with Gasteiger partial charge >= 0.3 is 0 Å². The summed E-state index contributed by atoms with van der Waals surface area (Å²) < 4.78 is 0. The summed E-state index contributed by atoms with van der Waals surface area (Å²) in [7, 11) is 0. The van der Waals surface area contributed by atoms with Crippen LogP contribution in [0.15, 0.2) is 47.6 Å². The molecule has 2 rings (SSSR count). The fourth-order valence-electron chi connectivity index (χ4n) is 1.87. The van der Waals surface area contributed by atoms with Crippen molar-refractivity contribution in [1.29, 1.82) is 0 Å². The van der Waals surface area contributed by atoms with Gasteiger partial charge in [0.1, 0.15) is 0 Å². The molecule has 0 spiro atoms. The molecule has 108 valence electrons. The van der Waals surface area contributed by atoms with Crippen LogP contribution in [-0.2, 0) is 0 Å². The van der Waals surface area contributed by atoms with Crippen molar-refractivity contribution in [3.05, 3.63) is 64.7 Å². The minimum Gasteiger partial charge on any atom is -0.399 e. The highest BCUT2D eigenvalue weighted by Crippen LogP contribution is 2.10. The number of nitrogen functional groups attached to an aromatic ring is 1. The zero-order valence-electron chi connectivity index (χ0n) is 12.5. The molecule has 0 atom stereocenters. The van der Waals surface area contributed by atoms with Crippen LogP contribution in [0.5, 0.6) is 0 Å². The summed E-state index contributed by atoms with van der Waals surface area (Å²) in [6, 6.07) is 12.9. The Morgan fingerprint density at radius 1 is 1.00 bits per heavy atom. The van der Waals surface area contributed by atoms with E-state index in [9.17, 15) is 4.79 Å². The van der Waals surface area contributed by atoms with Crippen LogP contribution in [0.2, 0.25) is 0 Å². The molecule has 2 aromatic rings. The lowest BCUT2D eigenvalue weighted by Gasteiger charge is -2.05. The van der Waals surface area contributed by atoms with Gasteiger partial charge in [-0.1, -0.05) is 18.2 Å². The van der Waals surface area contributed by atoms with Gasteiger partial charge in [-0.25, -0.2) is 5.43 Å². The Bertz CT molecular complexity index is 688. The Labute approximate surface area is 124 Å². The van der Waals surface area contributed by atoms with Crippen molar-refractivity contribution < 1.29 is 4.79 Å². The molecule has 0 saturated carbocycles. The first kappa shape index (κ1) is 14.8. The lowest BCUT2D eigenvalue weighted by molar-refractivity contribution is 0.0954. The number of nitrogens with two attached hydrogens (primary N) is 1. The summed E-state index contributed by atoms with van der Waals surface area (Å²) in [5.41, 5.74) is 13.4. The minimum absolute atomic E-state index is 0.215. The Balaban J connectivity index is 2.10. The molecule has 0 aromatic heterocycles. The third kappa shape index (κ3) is 3.69. The summed E-state index contributed by atoms with van der Waals surface area (Å²) in [6.07, 6.45) is 0. The molecular formula is C17H19N3O. The molecule has 2 aromatic carbocycles. The molecule has 3 N–H and O–H groups in total. The molecule has 21 heavy (non-hydrogen) atoms. The van der Waals surface area contributed by atoms with Crippen molar-refractivity contribution in [2.24, 2.45) is 5.10 Å². The van der Waals surface area contributed by atoms with E-state index in [2.05, 4.69) is 10.5 Å². The third-order valence-electron chi connectivity index (χ3n) is 3.42. The topological polar surface area (TPSA) is 67.5 Å². The van der Waals surface area contributed by atoms with Gasteiger partial charge in [-0.05, 0) is 61.7 Å². The monoisotopic (exact) mass is 281 g/mol. The number of hydrogen-bond donors (Lipinski definition) is 2. The Morgan fingerprint density at radius 2 is 1.62 bits per heavy atom. The molecule has 0 heterocycles. The average Bonchev–Trinajstić information content (AvgIpc) is 2.48. The molecular weight excluding hydrogens is 262 g/mol. The molecule has 4 nitrogen and oxygen atoms in total. The molecule has 1 amide bonds. The van der Waals surface area contributed by atoms with Crippen molar-refractivity contribution in [1.82, 2.24) is 5.43 Å². The minimum atomic E-state index is -0.215. The highest BCUT2D eigenvalue weighted by atomic mass is 16.2. The standard InChI is InChI=1S/C17H19N3O/c1-11-4-5-15(10-12(11)2)17(21)20-19-13(3)14-6-8-16(18)9-7-14/h4-10H,18H2,1-3H3,(H,20,21)/b19-13+. The maximum absolute atomic E-state index is 12.1. The fourth-order valence-corrected chi connectivity index (χ4v) is 1.87. The summed E-state index contributed by atoms with van der Waals surface area (Å²) in [5.74, 6) is -0.215. The van der Waals surface area contributed by atoms with Gasteiger partial charge in [0.25, 0.3) is 5.91 Å². The van der Waals surface area contributed by atoms with E-state index in [1.807, 2.05) is 45.0 Å². The third-order valence-corrected chi connectivity index (χ3v) is 3.42. The van der Waals surface area contributed by atoms with E-state index in [-0.39, 0.29) is 5.91 Å². The second-order valence-electron chi connectivity index (χ2n) is 5.06. The van der Waals surface area contributed by atoms with Gasteiger partial charge in [0, 0.05) is 11.3 Å². The maximum Gasteiger partial charge on any atom is 0.271 e. The lowest BCUT2D eigenvalue weighted by Crippen LogP contribution is -2.19. The molecule has 0 aliphatic rings. The molecule has 4 heteroatoms. The first-order valence-corrected chi connectivity index (χ1v) is 6.75. The number of anilines is 1. The second kappa shape index (κ2) is 6.22. The van der Waals surface area contributed by atoms with Gasteiger partial charge < -0.3 is 5.73 Å². The molecule has 0 aliphatic heterocycles. The number of carbonyl (C=O) groups is 1. The highest BCUT2D eigenvalue weighted by Gasteiger charge is 2.06. The van der Waals surface area contributed by atoms with E-state index >= 15 is 0 Å². The number of amides is 1. The van der Waals surface area contributed by atoms with E-state index in [1.54, 1.807) is 18.2 Å². The molecule has 0 bridgehead atoms. The van der Waals surface area contributed by atoms with Crippen molar-refractivity contribution in [3.63, 3.8) is 0 Å². The van der Waals surface area contributed by atoms with Crippen molar-refractivity contribution in [2.45, 2.75) is 20.8 Å². The summed E-state index contributed by atoms with van der Waals surface area (Å²) in [6.45, 7) is 5.83. The van der Waals surface area contributed by atoms with Gasteiger partial charge in [-0.15, -0.1) is 0 Å². The number of rotatable bonds is 3. The van der Waals surface area contributed by atoms with Crippen LogP contribution in [0.25, 0.3) is 0 Å². The van der Waals surface area contributed by atoms with Gasteiger partial charge in [-0.3, -0.25) is 4.79 Å². The molecule has 0 saturated heterocycles. The van der Waals surface area contributed by atoms with Crippen LogP contribution in [-0.4, -0.2) is 11.6 Å². The maximum atomic E-state index is 12.1. The summed E-state index contributed by atoms with van der Waals surface area (Å²) in [4.78, 5) is 12.1. The predicted molar refractivity (Wildman–Crippen MR) is 86.4 cm³/mol. The molecule has 0 unspecified atom stereocenters. The van der Waals surface area contributed by atoms with Crippen LogP contribution in [0.1, 0.15) is 34.0 Å². The number of benzene rings is 2. The quantitative estimate of drug-likeness (QED) is 0.516. The van der Waals surface area contributed by atoms with Crippen LogP contribution in [0.4, 0.5) is 5.69 Å². The van der Waals surface area contributed by atoms with Gasteiger partial charge in [-0.2, -0.15) is 5.10 Å². The first-order valence-electron chi connectivity index (χ1n) is 6.75. The molecule has 0 aliphatic carbocycles. The molecule has 0 radical (unpaired) electrons. The Hall–Kier alpha value is -2.62. The van der Waals surface area contributed by atoms with Gasteiger partial charge in [0.2, 0.25) is 0 Å². The van der Waals surface area contributed by atoms with Crippen LogP contribution >= 0.6 is 0 Å². The van der Waals surface area contributed by atoms with Crippen molar-refractivity contribution >= 4 is 17.3 Å². The van der Waals surface area contributed by atoms with E-state index in [0.717, 1.165) is 22.4 Å². The van der Waals surface area contributed by atoms with Crippen molar-refractivity contribution in [3.8, 4) is 0 Å². The lowest BCUT2D eigenvalue weighted by atomic mass is 10.1. The Kier molecular flexibility index (Phi) is 4.38. The number of hydrazone groups is 1. The zero-order valence-corrected chi connectivity index (χ0v) is 12.5. The number of nitrogens with one attached hydrogen (secondary N) is 1. The number of aryl methyl sites for hydroxylation is 2. The fraction of sp³-hybridized carbons (Fsp3) is 0.176. The molecule has 0 fully saturated rings. The number of hydrogen-bond acceptors (Lipinski definition) is 3. The normalized spacial score (nSPS) is 11.3.